The zero-order chi connectivity index (χ0) is 13.1. The van der Waals surface area contributed by atoms with Gasteiger partial charge in [0.2, 0.25) is 0 Å². The molecule has 0 radical (unpaired) electrons. The van der Waals surface area contributed by atoms with Gasteiger partial charge in [0.25, 0.3) is 0 Å². The molecule has 0 heterocycles. The molecule has 0 aliphatic carbocycles. The fourth-order valence-electron chi connectivity index (χ4n) is 1.78. The van der Waals surface area contributed by atoms with Gasteiger partial charge in [-0.25, -0.2) is 0 Å². The van der Waals surface area contributed by atoms with E-state index in [0.717, 1.165) is 16.9 Å². The molecule has 94 valence electrons. The largest absolute Gasteiger partial charge is 0.496 e. The normalized spacial score (nSPS) is 12.2. The number of para-hydroxylation sites is 1. The Labute approximate surface area is 114 Å². The quantitative estimate of drug-likeness (QED) is 0.856. The van der Waals surface area contributed by atoms with Gasteiger partial charge in [0, 0.05) is 11.8 Å². The third-order valence-electron chi connectivity index (χ3n) is 2.66. The van der Waals surface area contributed by atoms with Gasteiger partial charge in [-0.2, -0.15) is 0 Å². The van der Waals surface area contributed by atoms with Gasteiger partial charge < -0.3 is 4.74 Å². The Morgan fingerprint density at radius 1 is 1.17 bits per heavy atom. The standard InChI is InChI=1S/C14H13ClO2S/c1-17-13-6-4-3-5-11(13)10-7-8-14(18(2)16)12(15)9-10/h3-9H,1-2H3. The summed E-state index contributed by atoms with van der Waals surface area (Å²) in [5.74, 6) is 0.791. The molecular weight excluding hydrogens is 268 g/mol. The highest BCUT2D eigenvalue weighted by Crippen LogP contribution is 2.32. The fraction of sp³-hybridized carbons (Fsp3) is 0.143. The van der Waals surface area contributed by atoms with Crippen LogP contribution in [0, 0.1) is 0 Å². The molecule has 0 N–H and O–H groups in total. The number of rotatable bonds is 3. The van der Waals surface area contributed by atoms with Crippen molar-refractivity contribution in [2.24, 2.45) is 0 Å². The van der Waals surface area contributed by atoms with Crippen LogP contribution in [0.25, 0.3) is 11.1 Å². The summed E-state index contributed by atoms with van der Waals surface area (Å²) in [5, 5.41) is 0.513. The zero-order valence-electron chi connectivity index (χ0n) is 10.1. The number of hydrogen-bond donors (Lipinski definition) is 0. The van der Waals surface area contributed by atoms with E-state index < -0.39 is 10.8 Å². The summed E-state index contributed by atoms with van der Waals surface area (Å²) < 4.78 is 16.8. The second-order valence-electron chi connectivity index (χ2n) is 3.80. The molecule has 1 unspecified atom stereocenters. The molecule has 2 aromatic carbocycles. The Hall–Kier alpha value is -1.32. The lowest BCUT2D eigenvalue weighted by atomic mass is 10.0. The molecule has 0 aliphatic heterocycles. The Morgan fingerprint density at radius 3 is 2.50 bits per heavy atom. The van der Waals surface area contributed by atoms with Crippen LogP contribution in [0.4, 0.5) is 0 Å². The molecule has 18 heavy (non-hydrogen) atoms. The van der Waals surface area contributed by atoms with Gasteiger partial charge in [-0.05, 0) is 23.8 Å². The monoisotopic (exact) mass is 280 g/mol. The minimum Gasteiger partial charge on any atom is -0.496 e. The average Bonchev–Trinajstić information content (AvgIpc) is 2.38. The average molecular weight is 281 g/mol. The minimum absolute atomic E-state index is 0.513. The molecule has 0 fully saturated rings. The van der Waals surface area contributed by atoms with Crippen molar-refractivity contribution in [3.8, 4) is 16.9 Å². The summed E-state index contributed by atoms with van der Waals surface area (Å²) in [6.45, 7) is 0. The summed E-state index contributed by atoms with van der Waals surface area (Å²) in [6, 6.07) is 13.2. The molecule has 0 aromatic heterocycles. The van der Waals surface area contributed by atoms with Gasteiger partial charge in [0.1, 0.15) is 5.75 Å². The first kappa shape index (κ1) is 13.1. The van der Waals surface area contributed by atoms with E-state index in [4.69, 9.17) is 16.3 Å². The molecule has 2 aromatic rings. The Kier molecular flexibility index (Phi) is 4.04. The lowest BCUT2D eigenvalue weighted by Gasteiger charge is -2.09. The van der Waals surface area contributed by atoms with Crippen LogP contribution in [0.5, 0.6) is 5.75 Å². The first-order valence-electron chi connectivity index (χ1n) is 5.40. The van der Waals surface area contributed by atoms with Gasteiger partial charge in [-0.15, -0.1) is 0 Å². The lowest BCUT2D eigenvalue weighted by molar-refractivity contribution is 0.416. The molecule has 4 heteroatoms. The highest BCUT2D eigenvalue weighted by atomic mass is 35.5. The van der Waals surface area contributed by atoms with Crippen molar-refractivity contribution in [1.29, 1.82) is 0 Å². The van der Waals surface area contributed by atoms with Gasteiger partial charge in [-0.3, -0.25) is 4.21 Å². The van der Waals surface area contributed by atoms with Crippen molar-refractivity contribution < 1.29 is 8.95 Å². The van der Waals surface area contributed by atoms with Crippen molar-refractivity contribution in [1.82, 2.24) is 0 Å². The summed E-state index contributed by atoms with van der Waals surface area (Å²) >= 11 is 6.14. The van der Waals surface area contributed by atoms with Crippen LogP contribution < -0.4 is 4.74 Å². The van der Waals surface area contributed by atoms with Crippen LogP contribution in [-0.2, 0) is 10.8 Å². The third-order valence-corrected chi connectivity index (χ3v) is 4.06. The Morgan fingerprint density at radius 2 is 1.89 bits per heavy atom. The van der Waals surface area contributed by atoms with E-state index in [1.54, 1.807) is 19.4 Å². The van der Waals surface area contributed by atoms with Gasteiger partial charge in [-0.1, -0.05) is 35.9 Å². The molecule has 0 saturated carbocycles. The smallest absolute Gasteiger partial charge is 0.126 e. The molecule has 1 atom stereocenters. The van der Waals surface area contributed by atoms with Crippen LogP contribution in [0.15, 0.2) is 47.4 Å². The van der Waals surface area contributed by atoms with Gasteiger partial charge in [0.15, 0.2) is 0 Å². The molecule has 0 saturated heterocycles. The number of ether oxygens (including phenoxy) is 1. The lowest BCUT2D eigenvalue weighted by Crippen LogP contribution is -1.91. The maximum Gasteiger partial charge on any atom is 0.126 e. The van der Waals surface area contributed by atoms with Crippen molar-refractivity contribution in [2.75, 3.05) is 13.4 Å². The number of halogens is 1. The van der Waals surface area contributed by atoms with E-state index in [1.165, 1.54) is 0 Å². The van der Waals surface area contributed by atoms with E-state index in [2.05, 4.69) is 0 Å². The molecule has 0 spiro atoms. The van der Waals surface area contributed by atoms with E-state index >= 15 is 0 Å². The van der Waals surface area contributed by atoms with Crippen LogP contribution in [0.2, 0.25) is 5.02 Å². The van der Waals surface area contributed by atoms with Crippen LogP contribution in [-0.4, -0.2) is 17.6 Å². The van der Waals surface area contributed by atoms with E-state index in [-0.39, 0.29) is 0 Å². The molecule has 2 rings (SSSR count). The number of hydrogen-bond acceptors (Lipinski definition) is 2. The summed E-state index contributed by atoms with van der Waals surface area (Å²) in [6.07, 6.45) is 1.62. The topological polar surface area (TPSA) is 26.3 Å². The first-order chi connectivity index (χ1) is 8.63. The molecule has 0 bridgehead atoms. The predicted octanol–water partition coefficient (Wildman–Crippen LogP) is 3.75. The highest BCUT2D eigenvalue weighted by Gasteiger charge is 2.09. The van der Waals surface area contributed by atoms with Crippen LogP contribution in [0.1, 0.15) is 0 Å². The Bertz CT molecular complexity index is 596. The second-order valence-corrected chi connectivity index (χ2v) is 5.55. The molecule has 0 aliphatic rings. The first-order valence-corrected chi connectivity index (χ1v) is 7.33. The summed E-state index contributed by atoms with van der Waals surface area (Å²) in [5.41, 5.74) is 1.92. The second kappa shape index (κ2) is 5.55. The number of methoxy groups -OCH3 is 1. The van der Waals surface area contributed by atoms with Crippen LogP contribution in [0.3, 0.4) is 0 Å². The van der Waals surface area contributed by atoms with Crippen molar-refractivity contribution >= 4 is 22.4 Å². The van der Waals surface area contributed by atoms with Gasteiger partial charge in [0.05, 0.1) is 27.8 Å². The minimum atomic E-state index is -1.08. The third kappa shape index (κ3) is 2.57. The molecular formula is C14H13ClO2S. The zero-order valence-corrected chi connectivity index (χ0v) is 11.7. The maximum absolute atomic E-state index is 11.4. The van der Waals surface area contributed by atoms with E-state index in [1.807, 2.05) is 36.4 Å². The predicted molar refractivity (Wildman–Crippen MR) is 75.8 cm³/mol. The fourth-order valence-corrected chi connectivity index (χ4v) is 2.88. The van der Waals surface area contributed by atoms with E-state index in [9.17, 15) is 4.21 Å². The maximum atomic E-state index is 11.4. The van der Waals surface area contributed by atoms with Crippen molar-refractivity contribution in [3.63, 3.8) is 0 Å². The van der Waals surface area contributed by atoms with Crippen molar-refractivity contribution in [3.05, 3.63) is 47.5 Å². The van der Waals surface area contributed by atoms with Crippen molar-refractivity contribution in [2.45, 2.75) is 4.90 Å². The molecule has 2 nitrogen and oxygen atoms in total. The van der Waals surface area contributed by atoms with Gasteiger partial charge >= 0.3 is 0 Å². The summed E-state index contributed by atoms with van der Waals surface area (Å²) in [7, 11) is 0.559. The molecule has 0 amide bonds. The SMILES string of the molecule is COc1ccccc1-c1ccc(S(C)=O)c(Cl)c1. The summed E-state index contributed by atoms with van der Waals surface area (Å²) in [4.78, 5) is 0.648. The number of benzene rings is 2. The van der Waals surface area contributed by atoms with E-state index in [0.29, 0.717) is 9.92 Å². The Balaban J connectivity index is 2.52. The van der Waals surface area contributed by atoms with Crippen LogP contribution >= 0.6 is 11.6 Å². The highest BCUT2D eigenvalue weighted by molar-refractivity contribution is 7.84.